The van der Waals surface area contributed by atoms with Crippen LogP contribution in [0, 0.1) is 0 Å². The summed E-state index contributed by atoms with van der Waals surface area (Å²) in [6, 6.07) is 8.34. The SMILES string of the molecule is CC(C)(C)c1ccc(CCC(=O)NCc2nc(C(=O)O)cs2)cc1. The molecule has 1 amide bonds. The summed E-state index contributed by atoms with van der Waals surface area (Å²) in [5, 5.41) is 13.7. The number of carboxylic acid groups (broad SMARTS) is 1. The van der Waals surface area contributed by atoms with Crippen LogP contribution in [0.1, 0.15) is 53.8 Å². The van der Waals surface area contributed by atoms with Crippen molar-refractivity contribution in [3.63, 3.8) is 0 Å². The van der Waals surface area contributed by atoms with E-state index in [1.54, 1.807) is 0 Å². The molecule has 5 nitrogen and oxygen atoms in total. The Hall–Kier alpha value is -2.21. The maximum atomic E-state index is 11.9. The van der Waals surface area contributed by atoms with E-state index in [0.29, 0.717) is 17.8 Å². The van der Waals surface area contributed by atoms with Crippen molar-refractivity contribution in [2.75, 3.05) is 0 Å². The topological polar surface area (TPSA) is 79.3 Å². The van der Waals surface area contributed by atoms with Gasteiger partial charge in [-0.1, -0.05) is 45.0 Å². The molecule has 1 heterocycles. The van der Waals surface area contributed by atoms with Crippen LogP contribution >= 0.6 is 11.3 Å². The highest BCUT2D eigenvalue weighted by Crippen LogP contribution is 2.22. The van der Waals surface area contributed by atoms with Crippen LogP contribution in [-0.2, 0) is 23.2 Å². The third-order valence-corrected chi connectivity index (χ3v) is 4.52. The predicted molar refractivity (Wildman–Crippen MR) is 94.4 cm³/mol. The van der Waals surface area contributed by atoms with Crippen LogP contribution in [0.25, 0.3) is 0 Å². The number of carboxylic acids is 1. The molecule has 128 valence electrons. The van der Waals surface area contributed by atoms with Gasteiger partial charge in [-0.05, 0) is 23.0 Å². The maximum Gasteiger partial charge on any atom is 0.355 e. The van der Waals surface area contributed by atoms with E-state index in [1.165, 1.54) is 22.3 Å². The molecule has 6 heteroatoms. The van der Waals surface area contributed by atoms with Crippen molar-refractivity contribution in [2.45, 2.75) is 45.6 Å². The van der Waals surface area contributed by atoms with E-state index in [4.69, 9.17) is 5.11 Å². The van der Waals surface area contributed by atoms with Gasteiger partial charge in [-0.15, -0.1) is 11.3 Å². The van der Waals surface area contributed by atoms with Crippen LogP contribution in [0.15, 0.2) is 29.6 Å². The fourth-order valence-corrected chi connectivity index (χ4v) is 2.89. The van der Waals surface area contributed by atoms with Gasteiger partial charge in [-0.3, -0.25) is 4.79 Å². The Kier molecular flexibility index (Phi) is 5.72. The number of benzene rings is 1. The number of carbonyl (C=O) groups excluding carboxylic acids is 1. The second-order valence-electron chi connectivity index (χ2n) is 6.66. The van der Waals surface area contributed by atoms with Crippen LogP contribution in [0.2, 0.25) is 0 Å². The van der Waals surface area contributed by atoms with E-state index in [9.17, 15) is 9.59 Å². The Bertz CT molecular complexity index is 715. The number of aromatic nitrogens is 1. The van der Waals surface area contributed by atoms with E-state index < -0.39 is 5.97 Å². The van der Waals surface area contributed by atoms with E-state index in [0.717, 1.165) is 5.56 Å². The van der Waals surface area contributed by atoms with Gasteiger partial charge in [0.15, 0.2) is 5.69 Å². The lowest BCUT2D eigenvalue weighted by atomic mass is 9.86. The Labute approximate surface area is 145 Å². The third-order valence-electron chi connectivity index (χ3n) is 3.67. The molecule has 24 heavy (non-hydrogen) atoms. The highest BCUT2D eigenvalue weighted by Gasteiger charge is 2.13. The van der Waals surface area contributed by atoms with Crippen LogP contribution in [0.5, 0.6) is 0 Å². The molecular formula is C18H22N2O3S. The molecule has 0 saturated carbocycles. The minimum absolute atomic E-state index is 0.0168. The second kappa shape index (κ2) is 7.57. The second-order valence-corrected chi connectivity index (χ2v) is 7.60. The molecule has 1 aromatic heterocycles. The molecule has 0 aliphatic heterocycles. The van der Waals surface area contributed by atoms with Crippen molar-refractivity contribution in [3.05, 3.63) is 51.5 Å². The first-order chi connectivity index (χ1) is 11.3. The molecule has 2 aromatic rings. The maximum absolute atomic E-state index is 11.9. The zero-order valence-electron chi connectivity index (χ0n) is 14.1. The van der Waals surface area contributed by atoms with E-state index in [1.807, 2.05) is 0 Å². The zero-order chi connectivity index (χ0) is 17.7. The van der Waals surface area contributed by atoms with Crippen LogP contribution < -0.4 is 5.32 Å². The molecule has 2 rings (SSSR count). The minimum atomic E-state index is -1.05. The van der Waals surface area contributed by atoms with Gasteiger partial charge >= 0.3 is 5.97 Å². The summed E-state index contributed by atoms with van der Waals surface area (Å²) in [7, 11) is 0. The van der Waals surface area contributed by atoms with Gasteiger partial charge in [0.05, 0.1) is 6.54 Å². The predicted octanol–water partition coefficient (Wildman–Crippen LogP) is 3.39. The van der Waals surface area contributed by atoms with Gasteiger partial charge in [0.2, 0.25) is 5.91 Å². The lowest BCUT2D eigenvalue weighted by Crippen LogP contribution is -2.23. The average Bonchev–Trinajstić information content (AvgIpc) is 3.00. The Balaban J connectivity index is 1.79. The molecular weight excluding hydrogens is 324 g/mol. The molecule has 0 unspecified atom stereocenters. The number of hydrogen-bond acceptors (Lipinski definition) is 4. The number of rotatable bonds is 6. The number of aromatic carboxylic acids is 1. The van der Waals surface area contributed by atoms with Gasteiger partial charge in [-0.25, -0.2) is 9.78 Å². The largest absolute Gasteiger partial charge is 0.476 e. The van der Waals surface area contributed by atoms with Crippen molar-refractivity contribution < 1.29 is 14.7 Å². The standard InChI is InChI=1S/C18H22N2O3S/c1-18(2,3)13-7-4-12(5-8-13)6-9-15(21)19-10-16-20-14(11-24-16)17(22)23/h4-5,7-8,11H,6,9-10H2,1-3H3,(H,19,21)(H,22,23). The monoisotopic (exact) mass is 346 g/mol. The van der Waals surface area contributed by atoms with Crippen molar-refractivity contribution in [1.82, 2.24) is 10.3 Å². The number of carbonyl (C=O) groups is 2. The molecule has 2 N–H and O–H groups in total. The van der Waals surface area contributed by atoms with Gasteiger partial charge in [0.1, 0.15) is 5.01 Å². The molecule has 0 atom stereocenters. The Morgan fingerprint density at radius 3 is 2.42 bits per heavy atom. The summed E-state index contributed by atoms with van der Waals surface area (Å²) in [4.78, 5) is 26.6. The third kappa shape index (κ3) is 5.16. The lowest BCUT2D eigenvalue weighted by Gasteiger charge is -2.19. The van der Waals surface area contributed by atoms with Crippen molar-refractivity contribution >= 4 is 23.2 Å². The smallest absolute Gasteiger partial charge is 0.355 e. The number of aryl methyl sites for hydroxylation is 1. The minimum Gasteiger partial charge on any atom is -0.476 e. The van der Waals surface area contributed by atoms with Crippen molar-refractivity contribution in [2.24, 2.45) is 0 Å². The molecule has 0 aliphatic carbocycles. The lowest BCUT2D eigenvalue weighted by molar-refractivity contribution is -0.121. The normalized spacial score (nSPS) is 11.3. The van der Waals surface area contributed by atoms with Gasteiger partial charge in [0, 0.05) is 11.8 Å². The summed E-state index contributed by atoms with van der Waals surface area (Å²) in [5.74, 6) is -1.12. The van der Waals surface area contributed by atoms with Crippen LogP contribution in [0.3, 0.4) is 0 Å². The summed E-state index contributed by atoms with van der Waals surface area (Å²) in [5.41, 5.74) is 2.54. The van der Waals surface area contributed by atoms with E-state index in [2.05, 4.69) is 55.3 Å². The Morgan fingerprint density at radius 1 is 1.21 bits per heavy atom. The van der Waals surface area contributed by atoms with Gasteiger partial charge in [0.25, 0.3) is 0 Å². The van der Waals surface area contributed by atoms with E-state index >= 15 is 0 Å². The first-order valence-corrected chi connectivity index (χ1v) is 8.67. The number of nitrogens with one attached hydrogen (secondary N) is 1. The van der Waals surface area contributed by atoms with Crippen molar-refractivity contribution in [3.8, 4) is 0 Å². The highest BCUT2D eigenvalue weighted by atomic mass is 32.1. The van der Waals surface area contributed by atoms with Gasteiger partial charge < -0.3 is 10.4 Å². The Morgan fingerprint density at radius 2 is 1.88 bits per heavy atom. The summed E-state index contributed by atoms with van der Waals surface area (Å²) < 4.78 is 0. The molecule has 0 radical (unpaired) electrons. The fraction of sp³-hybridized carbons (Fsp3) is 0.389. The first kappa shape index (κ1) is 18.1. The zero-order valence-corrected chi connectivity index (χ0v) is 14.9. The van der Waals surface area contributed by atoms with Crippen LogP contribution in [-0.4, -0.2) is 22.0 Å². The highest BCUT2D eigenvalue weighted by molar-refractivity contribution is 7.09. The molecule has 0 aliphatic rings. The number of thiazole rings is 1. The number of hydrogen-bond donors (Lipinski definition) is 2. The van der Waals surface area contributed by atoms with Crippen molar-refractivity contribution in [1.29, 1.82) is 0 Å². The van der Waals surface area contributed by atoms with Gasteiger partial charge in [-0.2, -0.15) is 0 Å². The van der Waals surface area contributed by atoms with E-state index in [-0.39, 0.29) is 23.6 Å². The molecule has 0 fully saturated rings. The molecule has 1 aromatic carbocycles. The summed E-state index contributed by atoms with van der Waals surface area (Å²) in [6.07, 6.45) is 1.07. The molecule has 0 bridgehead atoms. The summed E-state index contributed by atoms with van der Waals surface area (Å²) in [6.45, 7) is 6.78. The number of amides is 1. The number of nitrogens with zero attached hydrogens (tertiary/aromatic N) is 1. The first-order valence-electron chi connectivity index (χ1n) is 7.79. The molecule has 0 saturated heterocycles. The quantitative estimate of drug-likeness (QED) is 0.840. The fourth-order valence-electron chi connectivity index (χ4n) is 2.18. The molecule has 0 spiro atoms. The average molecular weight is 346 g/mol. The summed E-state index contributed by atoms with van der Waals surface area (Å²) >= 11 is 1.23. The van der Waals surface area contributed by atoms with Crippen LogP contribution in [0.4, 0.5) is 0 Å².